The van der Waals surface area contributed by atoms with Crippen molar-refractivity contribution in [3.8, 4) is 0 Å². The van der Waals surface area contributed by atoms with Crippen LogP contribution in [0.5, 0.6) is 0 Å². The molecule has 1 nitrogen and oxygen atoms in total. The second-order valence-corrected chi connectivity index (χ2v) is 7.70. The number of benzene rings is 1. The Morgan fingerprint density at radius 2 is 1.09 bits per heavy atom. The molecule has 0 aliphatic heterocycles. The Morgan fingerprint density at radius 3 is 1.35 bits per heavy atom. The van der Waals surface area contributed by atoms with Crippen LogP contribution in [0, 0.1) is 0 Å². The number of carbonyl (C=O) groups is 1. The number of rotatable bonds is 2. The molecule has 0 aromatic heterocycles. The first-order valence-electron chi connectivity index (χ1n) is 7.13. The summed E-state index contributed by atoms with van der Waals surface area (Å²) >= 11 is 0. The van der Waals surface area contributed by atoms with Crippen molar-refractivity contribution in [2.75, 3.05) is 0 Å². The third kappa shape index (κ3) is 4.09. The van der Waals surface area contributed by atoms with E-state index in [1.165, 1.54) is 0 Å². The third-order valence-electron chi connectivity index (χ3n) is 3.57. The highest BCUT2D eigenvalue weighted by Gasteiger charge is 2.63. The van der Waals surface area contributed by atoms with Gasteiger partial charge in [-0.25, -0.2) is 0 Å². The topological polar surface area (TPSA) is 17.1 Å². The first-order chi connectivity index (χ1) is 9.98. The van der Waals surface area contributed by atoms with Crippen LogP contribution < -0.4 is 0 Å². The summed E-state index contributed by atoms with van der Waals surface area (Å²) in [6.07, 6.45) is -5.91. The number of hydrogen-bond donors (Lipinski definition) is 0. The second kappa shape index (κ2) is 5.56. The van der Waals surface area contributed by atoms with E-state index in [9.17, 15) is 26.7 Å². The van der Waals surface area contributed by atoms with Crippen molar-refractivity contribution in [1.29, 1.82) is 0 Å². The van der Waals surface area contributed by atoms with Gasteiger partial charge in [-0.1, -0.05) is 47.6 Å². The molecule has 1 aromatic rings. The van der Waals surface area contributed by atoms with Gasteiger partial charge in [0.15, 0.2) is 0 Å². The number of hydrogen-bond acceptors (Lipinski definition) is 1. The van der Waals surface area contributed by atoms with Crippen molar-refractivity contribution >= 4 is 5.78 Å². The van der Waals surface area contributed by atoms with E-state index in [1.807, 2.05) is 0 Å². The predicted molar refractivity (Wildman–Crippen MR) is 79.2 cm³/mol. The number of carbonyl (C=O) groups excluding carboxylic acids is 1. The van der Waals surface area contributed by atoms with E-state index in [0.29, 0.717) is 11.1 Å². The molecule has 0 bridgehead atoms. The van der Waals surface area contributed by atoms with Crippen LogP contribution >= 0.6 is 0 Å². The van der Waals surface area contributed by atoms with E-state index < -0.39 is 34.3 Å². The van der Waals surface area contributed by atoms with Gasteiger partial charge in [-0.3, -0.25) is 4.79 Å². The predicted octanol–water partition coefficient (Wildman–Crippen LogP) is 5.66. The number of halogens is 5. The fourth-order valence-electron chi connectivity index (χ4n) is 1.93. The minimum Gasteiger partial charge on any atom is -0.287 e. The van der Waals surface area contributed by atoms with Crippen LogP contribution in [0.1, 0.15) is 63.0 Å². The maximum absolute atomic E-state index is 13.4. The Morgan fingerprint density at radius 1 is 0.739 bits per heavy atom. The van der Waals surface area contributed by atoms with E-state index >= 15 is 0 Å². The van der Waals surface area contributed by atoms with E-state index in [1.54, 1.807) is 47.6 Å². The number of ketones is 1. The second-order valence-electron chi connectivity index (χ2n) is 7.70. The molecule has 0 N–H and O–H groups in total. The summed E-state index contributed by atoms with van der Waals surface area (Å²) in [5.74, 6) is -7.62. The summed E-state index contributed by atoms with van der Waals surface area (Å²) in [7, 11) is 0. The van der Waals surface area contributed by atoms with Gasteiger partial charge < -0.3 is 0 Å². The molecule has 23 heavy (non-hydrogen) atoms. The molecule has 130 valence electrons. The minimum absolute atomic E-state index is 0.496. The molecule has 0 aliphatic rings. The molecule has 0 fully saturated rings. The standard InChI is InChI=1S/C17H21F5O/c1-14(2,3)11-7-10(8-12(9-11)15(4,5)6)13(23)16(18,19)17(20,21)22/h7-9H,1-6H3. The van der Waals surface area contributed by atoms with Gasteiger partial charge in [-0.05, 0) is 34.1 Å². The Labute approximate surface area is 132 Å². The van der Waals surface area contributed by atoms with Gasteiger partial charge in [0.05, 0.1) is 0 Å². The van der Waals surface area contributed by atoms with Gasteiger partial charge in [0.1, 0.15) is 0 Å². The van der Waals surface area contributed by atoms with Crippen LogP contribution in [0.2, 0.25) is 0 Å². The van der Waals surface area contributed by atoms with Crippen molar-refractivity contribution in [2.45, 2.75) is 64.5 Å². The highest BCUT2D eigenvalue weighted by molar-refractivity contribution is 6.02. The molecule has 0 spiro atoms. The molecule has 0 atom stereocenters. The van der Waals surface area contributed by atoms with E-state index in [2.05, 4.69) is 0 Å². The summed E-state index contributed by atoms with van der Waals surface area (Å²) in [6, 6.07) is 3.98. The Balaban J connectivity index is 3.57. The largest absolute Gasteiger partial charge is 0.461 e. The summed E-state index contributed by atoms with van der Waals surface area (Å²) in [5.41, 5.74) is -0.546. The summed E-state index contributed by atoms with van der Waals surface area (Å²) in [4.78, 5) is 11.8. The molecule has 1 rings (SSSR count). The molecule has 0 heterocycles. The SMILES string of the molecule is CC(C)(C)c1cc(C(=O)C(F)(F)C(F)(F)F)cc(C(C)(C)C)c1. The van der Waals surface area contributed by atoms with Gasteiger partial charge >= 0.3 is 12.1 Å². The maximum atomic E-state index is 13.4. The van der Waals surface area contributed by atoms with Crippen molar-refractivity contribution in [1.82, 2.24) is 0 Å². The quantitative estimate of drug-likeness (QED) is 0.503. The average Bonchev–Trinajstić information content (AvgIpc) is 2.33. The first kappa shape index (κ1) is 19.6. The molecule has 0 saturated heterocycles. The zero-order chi connectivity index (χ0) is 18.4. The lowest BCUT2D eigenvalue weighted by Crippen LogP contribution is -2.44. The summed E-state index contributed by atoms with van der Waals surface area (Å²) in [6.45, 7) is 10.8. The van der Waals surface area contributed by atoms with Gasteiger partial charge in [0.25, 0.3) is 0 Å². The zero-order valence-electron chi connectivity index (χ0n) is 14.0. The maximum Gasteiger partial charge on any atom is 0.461 e. The van der Waals surface area contributed by atoms with Crippen molar-refractivity contribution < 1.29 is 26.7 Å². The summed E-state index contributed by atoms with van der Waals surface area (Å²) < 4.78 is 64.2. The normalized spacial score (nSPS) is 14.0. The molecular formula is C17H21F5O. The average molecular weight is 336 g/mol. The molecule has 0 saturated carbocycles. The Kier molecular flexibility index (Phi) is 4.74. The fraction of sp³-hybridized carbons (Fsp3) is 0.588. The fourth-order valence-corrected chi connectivity index (χ4v) is 1.93. The third-order valence-corrected chi connectivity index (χ3v) is 3.57. The Hall–Kier alpha value is -1.46. The van der Waals surface area contributed by atoms with Crippen LogP contribution in [-0.4, -0.2) is 17.9 Å². The molecule has 6 heteroatoms. The van der Waals surface area contributed by atoms with Crippen LogP contribution in [0.25, 0.3) is 0 Å². The molecule has 1 aromatic carbocycles. The smallest absolute Gasteiger partial charge is 0.287 e. The lowest BCUT2D eigenvalue weighted by atomic mass is 9.79. The Bertz CT molecular complexity index is 569. The van der Waals surface area contributed by atoms with E-state index in [4.69, 9.17) is 0 Å². The van der Waals surface area contributed by atoms with Gasteiger partial charge in [0, 0.05) is 5.56 Å². The lowest BCUT2D eigenvalue weighted by Gasteiger charge is -2.27. The molecule has 0 amide bonds. The zero-order valence-corrected chi connectivity index (χ0v) is 14.0. The van der Waals surface area contributed by atoms with Crippen molar-refractivity contribution in [3.05, 3.63) is 34.9 Å². The van der Waals surface area contributed by atoms with E-state index in [0.717, 1.165) is 12.1 Å². The first-order valence-corrected chi connectivity index (χ1v) is 7.13. The van der Waals surface area contributed by atoms with Gasteiger partial charge in [-0.2, -0.15) is 22.0 Å². The van der Waals surface area contributed by atoms with Crippen LogP contribution in [-0.2, 0) is 10.8 Å². The minimum atomic E-state index is -5.91. The molecule has 0 unspecified atom stereocenters. The van der Waals surface area contributed by atoms with E-state index in [-0.39, 0.29) is 0 Å². The van der Waals surface area contributed by atoms with Crippen LogP contribution in [0.3, 0.4) is 0 Å². The van der Waals surface area contributed by atoms with Gasteiger partial charge in [0.2, 0.25) is 5.78 Å². The highest BCUT2D eigenvalue weighted by atomic mass is 19.4. The van der Waals surface area contributed by atoms with Crippen LogP contribution in [0.4, 0.5) is 22.0 Å². The lowest BCUT2D eigenvalue weighted by molar-refractivity contribution is -0.255. The molecule has 0 radical (unpaired) electrons. The summed E-state index contributed by atoms with van der Waals surface area (Å²) in [5, 5.41) is 0. The van der Waals surface area contributed by atoms with Crippen molar-refractivity contribution in [2.24, 2.45) is 0 Å². The highest BCUT2D eigenvalue weighted by Crippen LogP contribution is 2.39. The van der Waals surface area contributed by atoms with Gasteiger partial charge in [-0.15, -0.1) is 0 Å². The molecule has 0 aliphatic carbocycles. The van der Waals surface area contributed by atoms with Crippen LogP contribution in [0.15, 0.2) is 18.2 Å². The number of Topliss-reactive ketones (excluding diaryl/α,β-unsaturated/α-hetero) is 1. The number of alkyl halides is 5. The monoisotopic (exact) mass is 336 g/mol. The molecular weight excluding hydrogens is 315 g/mol. The van der Waals surface area contributed by atoms with Crippen molar-refractivity contribution in [3.63, 3.8) is 0 Å².